The van der Waals surface area contributed by atoms with Crippen LogP contribution in [0.4, 0.5) is 5.69 Å². The number of hydrogen-bond acceptors (Lipinski definition) is 4. The second-order valence-corrected chi connectivity index (χ2v) is 5.75. The maximum absolute atomic E-state index is 12.0. The molecule has 20 heavy (non-hydrogen) atoms. The van der Waals surface area contributed by atoms with Gasteiger partial charge in [-0.1, -0.05) is 12.1 Å². The monoisotopic (exact) mass is 288 g/mol. The maximum atomic E-state index is 12.0. The van der Waals surface area contributed by atoms with Crippen molar-refractivity contribution in [3.63, 3.8) is 0 Å². The van der Waals surface area contributed by atoms with Crippen molar-refractivity contribution in [3.05, 3.63) is 36.3 Å². The number of thioether (sulfide) groups is 1. The van der Waals surface area contributed by atoms with E-state index in [0.29, 0.717) is 0 Å². The highest BCUT2D eigenvalue weighted by molar-refractivity contribution is 7.99. The summed E-state index contributed by atoms with van der Waals surface area (Å²) in [5.41, 5.74) is 2.85. The van der Waals surface area contributed by atoms with Crippen molar-refractivity contribution < 1.29 is 4.79 Å². The lowest BCUT2D eigenvalue weighted by atomic mass is 10.1. The number of carbonyl (C=O) groups excluding carboxylic acids is 1. The molecule has 0 spiro atoms. The molecule has 1 unspecified atom stereocenters. The highest BCUT2D eigenvalue weighted by atomic mass is 32.2. The van der Waals surface area contributed by atoms with E-state index in [9.17, 15) is 4.79 Å². The first-order chi connectivity index (χ1) is 9.72. The minimum absolute atomic E-state index is 0.0279. The SMILES string of the molecule is Cc1ncc(-c2ccc(NC(=O)C3CSCN3)cc2)[nH]1. The minimum Gasteiger partial charge on any atom is -0.342 e. The van der Waals surface area contributed by atoms with Gasteiger partial charge in [0.05, 0.1) is 17.9 Å². The fourth-order valence-corrected chi connectivity index (χ4v) is 3.04. The number of nitrogens with zero attached hydrogens (tertiary/aromatic N) is 1. The Labute approximate surface area is 121 Å². The fourth-order valence-electron chi connectivity index (χ4n) is 2.09. The van der Waals surface area contributed by atoms with Crippen LogP contribution in [0.15, 0.2) is 30.5 Å². The number of nitrogens with one attached hydrogen (secondary N) is 3. The lowest BCUT2D eigenvalue weighted by Gasteiger charge is -2.10. The Morgan fingerprint density at radius 1 is 1.40 bits per heavy atom. The van der Waals surface area contributed by atoms with Crippen LogP contribution in [0.25, 0.3) is 11.3 Å². The second kappa shape index (κ2) is 5.68. The maximum Gasteiger partial charge on any atom is 0.242 e. The number of aryl methyl sites for hydroxylation is 1. The zero-order valence-corrected chi connectivity index (χ0v) is 12.0. The number of amides is 1. The fraction of sp³-hybridized carbons (Fsp3) is 0.286. The summed E-state index contributed by atoms with van der Waals surface area (Å²) in [4.78, 5) is 19.3. The molecule has 2 aromatic rings. The molecule has 6 heteroatoms. The average molecular weight is 288 g/mol. The standard InChI is InChI=1S/C14H16N4OS/c1-9-15-6-12(17-9)10-2-4-11(5-3-10)18-14(19)13-7-20-8-16-13/h2-6,13,16H,7-8H2,1H3,(H,15,17)(H,18,19). The van der Waals surface area contributed by atoms with Gasteiger partial charge in [0.15, 0.2) is 0 Å². The van der Waals surface area contributed by atoms with Crippen LogP contribution in [0.1, 0.15) is 5.82 Å². The Kier molecular flexibility index (Phi) is 3.75. The number of H-pyrrole nitrogens is 1. The molecule has 1 fully saturated rings. The summed E-state index contributed by atoms with van der Waals surface area (Å²) in [6, 6.07) is 7.67. The highest BCUT2D eigenvalue weighted by Crippen LogP contribution is 2.20. The summed E-state index contributed by atoms with van der Waals surface area (Å²) in [5.74, 6) is 2.59. The third-order valence-corrected chi connectivity index (χ3v) is 4.14. The molecule has 3 rings (SSSR count). The predicted octanol–water partition coefficient (Wildman–Crippen LogP) is 1.99. The van der Waals surface area contributed by atoms with E-state index < -0.39 is 0 Å². The van der Waals surface area contributed by atoms with Crippen molar-refractivity contribution in [2.24, 2.45) is 0 Å². The number of rotatable bonds is 3. The van der Waals surface area contributed by atoms with E-state index >= 15 is 0 Å². The van der Waals surface area contributed by atoms with E-state index in [-0.39, 0.29) is 11.9 Å². The molecular formula is C14H16N4OS. The summed E-state index contributed by atoms with van der Waals surface area (Å²) in [6.07, 6.45) is 1.81. The number of anilines is 1. The van der Waals surface area contributed by atoms with Crippen molar-refractivity contribution in [2.45, 2.75) is 13.0 Å². The van der Waals surface area contributed by atoms with Gasteiger partial charge in [-0.25, -0.2) is 4.98 Å². The van der Waals surface area contributed by atoms with Gasteiger partial charge in [0.1, 0.15) is 5.82 Å². The molecule has 0 saturated carbocycles. The molecule has 2 heterocycles. The van der Waals surface area contributed by atoms with Gasteiger partial charge in [0.25, 0.3) is 0 Å². The second-order valence-electron chi connectivity index (χ2n) is 4.72. The van der Waals surface area contributed by atoms with E-state index in [2.05, 4.69) is 20.6 Å². The number of benzene rings is 1. The molecule has 0 bridgehead atoms. The van der Waals surface area contributed by atoms with Crippen LogP contribution in [0.3, 0.4) is 0 Å². The molecule has 1 aliphatic heterocycles. The van der Waals surface area contributed by atoms with Crippen LogP contribution in [-0.2, 0) is 4.79 Å². The Morgan fingerprint density at radius 3 is 2.80 bits per heavy atom. The van der Waals surface area contributed by atoms with Crippen LogP contribution in [0.5, 0.6) is 0 Å². The van der Waals surface area contributed by atoms with Gasteiger partial charge < -0.3 is 10.3 Å². The van der Waals surface area contributed by atoms with Crippen LogP contribution in [0.2, 0.25) is 0 Å². The molecule has 5 nitrogen and oxygen atoms in total. The molecule has 3 N–H and O–H groups in total. The first-order valence-corrected chi connectivity index (χ1v) is 7.62. The number of imidazole rings is 1. The molecule has 1 atom stereocenters. The van der Waals surface area contributed by atoms with E-state index in [1.54, 1.807) is 11.8 Å². The molecule has 1 saturated heterocycles. The third kappa shape index (κ3) is 2.86. The molecule has 1 aromatic heterocycles. The zero-order valence-electron chi connectivity index (χ0n) is 11.1. The van der Waals surface area contributed by atoms with Crippen molar-refractivity contribution in [1.82, 2.24) is 15.3 Å². The van der Waals surface area contributed by atoms with Crippen LogP contribution in [-0.4, -0.2) is 33.5 Å². The number of aromatic amines is 1. The number of hydrogen-bond donors (Lipinski definition) is 3. The summed E-state index contributed by atoms with van der Waals surface area (Å²) in [7, 11) is 0. The lowest BCUT2D eigenvalue weighted by Crippen LogP contribution is -2.37. The summed E-state index contributed by atoms with van der Waals surface area (Å²) in [6.45, 7) is 1.92. The van der Waals surface area contributed by atoms with Gasteiger partial charge in [0, 0.05) is 17.3 Å². The summed E-state index contributed by atoms with van der Waals surface area (Å²) < 4.78 is 0. The van der Waals surface area contributed by atoms with Crippen LogP contribution < -0.4 is 10.6 Å². The molecule has 0 radical (unpaired) electrons. The van der Waals surface area contributed by atoms with Gasteiger partial charge in [0.2, 0.25) is 5.91 Å². The summed E-state index contributed by atoms with van der Waals surface area (Å²) in [5, 5.41) is 6.08. The molecule has 0 aliphatic carbocycles. The lowest BCUT2D eigenvalue weighted by molar-refractivity contribution is -0.117. The van der Waals surface area contributed by atoms with Crippen molar-refractivity contribution in [3.8, 4) is 11.3 Å². The number of aromatic nitrogens is 2. The Morgan fingerprint density at radius 2 is 2.20 bits per heavy atom. The smallest absolute Gasteiger partial charge is 0.242 e. The minimum atomic E-state index is -0.0880. The average Bonchev–Trinajstić information content (AvgIpc) is 3.10. The molecule has 1 aromatic carbocycles. The first kappa shape index (κ1) is 13.2. The molecule has 1 amide bonds. The largest absolute Gasteiger partial charge is 0.342 e. The van der Waals surface area contributed by atoms with Gasteiger partial charge in [-0.3, -0.25) is 10.1 Å². The Hall–Kier alpha value is -1.79. The van der Waals surface area contributed by atoms with Crippen molar-refractivity contribution in [1.29, 1.82) is 0 Å². The van der Waals surface area contributed by atoms with E-state index in [1.165, 1.54) is 0 Å². The topological polar surface area (TPSA) is 69.8 Å². The number of carbonyl (C=O) groups is 1. The molecular weight excluding hydrogens is 272 g/mol. The van der Waals surface area contributed by atoms with Crippen molar-refractivity contribution >= 4 is 23.4 Å². The predicted molar refractivity (Wildman–Crippen MR) is 81.6 cm³/mol. The van der Waals surface area contributed by atoms with E-state index in [0.717, 1.165) is 34.4 Å². The zero-order chi connectivity index (χ0) is 13.9. The normalized spacial score (nSPS) is 18.1. The van der Waals surface area contributed by atoms with Gasteiger partial charge in [-0.2, -0.15) is 0 Å². The van der Waals surface area contributed by atoms with Crippen LogP contribution >= 0.6 is 11.8 Å². The summed E-state index contributed by atoms with van der Waals surface area (Å²) >= 11 is 1.74. The quantitative estimate of drug-likeness (QED) is 0.808. The van der Waals surface area contributed by atoms with Gasteiger partial charge >= 0.3 is 0 Å². The van der Waals surface area contributed by atoms with E-state index in [4.69, 9.17) is 0 Å². The highest BCUT2D eigenvalue weighted by Gasteiger charge is 2.22. The van der Waals surface area contributed by atoms with E-state index in [1.807, 2.05) is 37.4 Å². The molecule has 104 valence electrons. The van der Waals surface area contributed by atoms with Gasteiger partial charge in [-0.15, -0.1) is 11.8 Å². The van der Waals surface area contributed by atoms with Gasteiger partial charge in [-0.05, 0) is 24.6 Å². The first-order valence-electron chi connectivity index (χ1n) is 6.46. The Bertz CT molecular complexity index is 602. The van der Waals surface area contributed by atoms with Crippen LogP contribution in [0, 0.1) is 6.92 Å². The van der Waals surface area contributed by atoms with Crippen molar-refractivity contribution in [2.75, 3.05) is 16.9 Å². The molecule has 1 aliphatic rings. The Balaban J connectivity index is 1.68. The third-order valence-electron chi connectivity index (χ3n) is 3.20.